The maximum absolute atomic E-state index is 3.64. The molecule has 96 valence electrons. The van der Waals surface area contributed by atoms with Gasteiger partial charge in [0.2, 0.25) is 0 Å². The molecule has 2 rings (SSSR count). The van der Waals surface area contributed by atoms with Crippen LogP contribution in [0.5, 0.6) is 0 Å². The van der Waals surface area contributed by atoms with Crippen LogP contribution in [-0.2, 0) is 6.42 Å². The third-order valence-corrected chi connectivity index (χ3v) is 5.36. The first kappa shape index (κ1) is 13.6. The van der Waals surface area contributed by atoms with Crippen molar-refractivity contribution < 1.29 is 0 Å². The van der Waals surface area contributed by atoms with Crippen LogP contribution in [-0.4, -0.2) is 12.6 Å². The highest BCUT2D eigenvalue weighted by molar-refractivity contribution is 9.10. The van der Waals surface area contributed by atoms with Crippen molar-refractivity contribution in [3.8, 4) is 0 Å². The predicted octanol–water partition coefficient (Wildman–Crippen LogP) is 4.61. The standard InChI is InChI=1S/C14H22BrNS/c1-2-16-13-6-4-3-5-11(7-13)8-14-9-12(15)10-17-14/h9-11,13,16H,2-8H2,1H3. The smallest absolute Gasteiger partial charge is 0.0285 e. The van der Waals surface area contributed by atoms with Crippen LogP contribution in [0, 0.1) is 5.92 Å². The summed E-state index contributed by atoms with van der Waals surface area (Å²) in [5.41, 5.74) is 0. The van der Waals surface area contributed by atoms with Crippen molar-refractivity contribution in [3.63, 3.8) is 0 Å². The van der Waals surface area contributed by atoms with Crippen LogP contribution in [0.15, 0.2) is 15.9 Å². The van der Waals surface area contributed by atoms with Gasteiger partial charge in [0, 0.05) is 20.8 Å². The van der Waals surface area contributed by atoms with Gasteiger partial charge in [-0.1, -0.05) is 26.2 Å². The Balaban J connectivity index is 1.90. The van der Waals surface area contributed by atoms with Gasteiger partial charge < -0.3 is 5.32 Å². The molecule has 1 aliphatic rings. The molecule has 1 nitrogen and oxygen atoms in total. The molecule has 0 amide bonds. The summed E-state index contributed by atoms with van der Waals surface area (Å²) in [6.07, 6.45) is 8.25. The Labute approximate surface area is 117 Å². The van der Waals surface area contributed by atoms with Gasteiger partial charge >= 0.3 is 0 Å². The summed E-state index contributed by atoms with van der Waals surface area (Å²) in [6, 6.07) is 3.05. The van der Waals surface area contributed by atoms with E-state index in [2.05, 4.69) is 39.6 Å². The maximum atomic E-state index is 3.64. The lowest BCUT2D eigenvalue weighted by molar-refractivity contribution is 0.391. The van der Waals surface area contributed by atoms with E-state index in [1.165, 1.54) is 43.0 Å². The summed E-state index contributed by atoms with van der Waals surface area (Å²) < 4.78 is 1.24. The van der Waals surface area contributed by atoms with Gasteiger partial charge in [0.1, 0.15) is 0 Å². The van der Waals surface area contributed by atoms with Gasteiger partial charge in [-0.25, -0.2) is 0 Å². The van der Waals surface area contributed by atoms with Crippen LogP contribution in [0.2, 0.25) is 0 Å². The molecule has 0 radical (unpaired) electrons. The van der Waals surface area contributed by atoms with E-state index in [9.17, 15) is 0 Å². The van der Waals surface area contributed by atoms with E-state index in [1.54, 1.807) is 4.88 Å². The number of halogens is 1. The Bertz CT molecular complexity index is 337. The fourth-order valence-corrected chi connectivity index (χ4v) is 4.43. The summed E-state index contributed by atoms with van der Waals surface area (Å²) in [5.74, 6) is 0.882. The zero-order chi connectivity index (χ0) is 12.1. The van der Waals surface area contributed by atoms with Crippen LogP contribution < -0.4 is 5.32 Å². The summed E-state index contributed by atoms with van der Waals surface area (Å²) >= 11 is 5.44. The summed E-state index contributed by atoms with van der Waals surface area (Å²) in [5, 5.41) is 5.84. The van der Waals surface area contributed by atoms with Crippen LogP contribution in [0.4, 0.5) is 0 Å². The summed E-state index contributed by atoms with van der Waals surface area (Å²) in [7, 11) is 0. The topological polar surface area (TPSA) is 12.0 Å². The highest BCUT2D eigenvalue weighted by atomic mass is 79.9. The molecule has 17 heavy (non-hydrogen) atoms. The average Bonchev–Trinajstić information content (AvgIpc) is 2.58. The molecule has 1 heterocycles. The second-order valence-corrected chi connectivity index (χ2v) is 6.99. The minimum atomic E-state index is 0.760. The molecule has 0 saturated heterocycles. The molecule has 1 aromatic heterocycles. The Morgan fingerprint density at radius 2 is 2.24 bits per heavy atom. The molecule has 0 aromatic carbocycles. The van der Waals surface area contributed by atoms with Crippen molar-refractivity contribution >= 4 is 27.3 Å². The van der Waals surface area contributed by atoms with Crippen molar-refractivity contribution in [2.45, 2.75) is 51.5 Å². The van der Waals surface area contributed by atoms with Crippen molar-refractivity contribution in [1.29, 1.82) is 0 Å². The van der Waals surface area contributed by atoms with Crippen molar-refractivity contribution in [3.05, 3.63) is 20.8 Å². The van der Waals surface area contributed by atoms with Gasteiger partial charge in [0.25, 0.3) is 0 Å². The van der Waals surface area contributed by atoms with Gasteiger partial charge in [-0.05, 0) is 53.7 Å². The maximum Gasteiger partial charge on any atom is 0.0285 e. The number of thiophene rings is 1. The Kier molecular flexibility index (Phi) is 5.51. The fourth-order valence-electron chi connectivity index (χ4n) is 2.87. The fraction of sp³-hybridized carbons (Fsp3) is 0.714. The van der Waals surface area contributed by atoms with Crippen molar-refractivity contribution in [1.82, 2.24) is 5.32 Å². The van der Waals surface area contributed by atoms with E-state index in [1.807, 2.05) is 11.3 Å². The minimum absolute atomic E-state index is 0.760. The second kappa shape index (κ2) is 6.91. The first-order valence-electron chi connectivity index (χ1n) is 6.74. The lowest BCUT2D eigenvalue weighted by Gasteiger charge is -2.20. The van der Waals surface area contributed by atoms with Crippen LogP contribution >= 0.6 is 27.3 Å². The van der Waals surface area contributed by atoms with E-state index < -0.39 is 0 Å². The van der Waals surface area contributed by atoms with Gasteiger partial charge in [-0.15, -0.1) is 11.3 Å². The van der Waals surface area contributed by atoms with Crippen molar-refractivity contribution in [2.24, 2.45) is 5.92 Å². The Morgan fingerprint density at radius 1 is 1.41 bits per heavy atom. The van der Waals surface area contributed by atoms with E-state index in [4.69, 9.17) is 0 Å². The van der Waals surface area contributed by atoms with Gasteiger partial charge in [0.05, 0.1) is 0 Å². The SMILES string of the molecule is CCNC1CCCCC(Cc2cc(Br)cs2)C1. The molecule has 1 saturated carbocycles. The number of nitrogens with one attached hydrogen (secondary N) is 1. The molecule has 1 aliphatic carbocycles. The number of hydrogen-bond donors (Lipinski definition) is 1. The third-order valence-electron chi connectivity index (χ3n) is 3.64. The molecule has 2 atom stereocenters. The zero-order valence-electron chi connectivity index (χ0n) is 10.5. The first-order valence-corrected chi connectivity index (χ1v) is 8.41. The van der Waals surface area contributed by atoms with E-state index in [0.29, 0.717) is 0 Å². The molecule has 0 bridgehead atoms. The van der Waals surface area contributed by atoms with E-state index in [0.717, 1.165) is 18.5 Å². The molecule has 3 heteroatoms. The second-order valence-electron chi connectivity index (χ2n) is 5.08. The van der Waals surface area contributed by atoms with E-state index >= 15 is 0 Å². The summed E-state index contributed by atoms with van der Waals surface area (Å²) in [6.45, 7) is 3.33. The van der Waals surface area contributed by atoms with E-state index in [-0.39, 0.29) is 0 Å². The molecule has 2 unspecified atom stereocenters. The zero-order valence-corrected chi connectivity index (χ0v) is 12.9. The van der Waals surface area contributed by atoms with Crippen LogP contribution in [0.3, 0.4) is 0 Å². The molecular weight excluding hydrogens is 294 g/mol. The largest absolute Gasteiger partial charge is 0.314 e. The predicted molar refractivity (Wildman–Crippen MR) is 79.8 cm³/mol. The highest BCUT2D eigenvalue weighted by Crippen LogP contribution is 2.29. The lowest BCUT2D eigenvalue weighted by atomic mass is 9.94. The minimum Gasteiger partial charge on any atom is -0.314 e. The van der Waals surface area contributed by atoms with Gasteiger partial charge in [0.15, 0.2) is 0 Å². The number of rotatable bonds is 4. The van der Waals surface area contributed by atoms with Crippen LogP contribution in [0.25, 0.3) is 0 Å². The van der Waals surface area contributed by atoms with Crippen LogP contribution in [0.1, 0.15) is 43.9 Å². The molecule has 1 N–H and O–H groups in total. The Hall–Kier alpha value is 0.140. The van der Waals surface area contributed by atoms with Gasteiger partial charge in [-0.3, -0.25) is 0 Å². The molecule has 1 fully saturated rings. The molecule has 0 aliphatic heterocycles. The monoisotopic (exact) mass is 315 g/mol. The molecular formula is C14H22BrNS. The lowest BCUT2D eigenvalue weighted by Crippen LogP contribution is -2.30. The highest BCUT2D eigenvalue weighted by Gasteiger charge is 2.20. The quantitative estimate of drug-likeness (QED) is 0.800. The van der Waals surface area contributed by atoms with Gasteiger partial charge in [-0.2, -0.15) is 0 Å². The normalized spacial score (nSPS) is 25.8. The average molecular weight is 316 g/mol. The first-order chi connectivity index (χ1) is 8.28. The summed E-state index contributed by atoms with van der Waals surface area (Å²) in [4.78, 5) is 1.54. The third kappa shape index (κ3) is 4.38. The molecule has 0 spiro atoms. The molecule has 1 aromatic rings. The van der Waals surface area contributed by atoms with Crippen molar-refractivity contribution in [2.75, 3.05) is 6.54 Å². The number of hydrogen-bond acceptors (Lipinski definition) is 2. The Morgan fingerprint density at radius 3 is 2.94 bits per heavy atom.